The van der Waals surface area contributed by atoms with Gasteiger partial charge in [0.05, 0.1) is 0 Å². The van der Waals surface area contributed by atoms with Gasteiger partial charge < -0.3 is 24.8 Å². The van der Waals surface area contributed by atoms with Crippen LogP contribution in [0.3, 0.4) is 0 Å². The number of hydrogen-bond donors (Lipinski definition) is 0. The first-order chi connectivity index (χ1) is 14.3. The third-order valence-corrected chi connectivity index (χ3v) is 10.4. The van der Waals surface area contributed by atoms with E-state index in [2.05, 4.69) is 101 Å². The van der Waals surface area contributed by atoms with Crippen molar-refractivity contribution in [1.29, 1.82) is 0 Å². The Bertz CT molecular complexity index is 1070. The van der Waals surface area contributed by atoms with Gasteiger partial charge in [0.1, 0.15) is 0 Å². The SMILES string of the molecule is CCOC1=C(O[Si](C)(C)C)c2ccccc2C1[C]1([Zr+2]=[C](C)C)C=Cc2ccccc21.[Cl-].[Cl-]. The summed E-state index contributed by atoms with van der Waals surface area (Å²) < 4.78 is 14.7. The molecule has 2 aromatic carbocycles. The van der Waals surface area contributed by atoms with E-state index in [1.807, 2.05) is 0 Å². The predicted octanol–water partition coefficient (Wildman–Crippen LogP) is 0.565. The molecule has 2 unspecified atom stereocenters. The van der Waals surface area contributed by atoms with Gasteiger partial charge in [0.25, 0.3) is 0 Å². The van der Waals surface area contributed by atoms with Gasteiger partial charge in [0.2, 0.25) is 0 Å². The van der Waals surface area contributed by atoms with Crippen molar-refractivity contribution in [3.8, 4) is 0 Å². The minimum atomic E-state index is -1.81. The number of rotatable bonds is 6. The molecule has 32 heavy (non-hydrogen) atoms. The van der Waals surface area contributed by atoms with E-state index in [1.54, 1.807) is 3.21 Å². The smallest absolute Gasteiger partial charge is 1.00 e. The third-order valence-electron chi connectivity index (χ3n) is 5.55. The zero-order valence-corrected chi connectivity index (χ0v) is 24.6. The summed E-state index contributed by atoms with van der Waals surface area (Å²) in [4.78, 5) is 0. The standard InChI is InChI=1S/C23H25O2Si.C3H6.2ClH.Zr/c1-5-24-23-21(19-15-14-16-10-6-7-11-17(16)19)18-12-8-9-13-20(18)22(23)25-26(2,3)4;1-3-2;;;/h6-15,21H,5H2,1-4H3;1-2H3;2*1H;/q;;;;+2/p-2. The van der Waals surface area contributed by atoms with Gasteiger partial charge >= 0.3 is 194 Å². The molecule has 0 saturated heterocycles. The van der Waals surface area contributed by atoms with Crippen molar-refractivity contribution in [2.75, 3.05) is 6.61 Å². The van der Waals surface area contributed by atoms with Crippen molar-refractivity contribution in [1.82, 2.24) is 0 Å². The van der Waals surface area contributed by atoms with E-state index < -0.39 is 31.1 Å². The normalized spacial score (nSPS) is 20.5. The molecule has 0 saturated carbocycles. The fraction of sp³-hybridized carbons (Fsp3) is 0.346. The predicted molar refractivity (Wildman–Crippen MR) is 126 cm³/mol. The van der Waals surface area contributed by atoms with Gasteiger partial charge in [-0.1, -0.05) is 0 Å². The van der Waals surface area contributed by atoms with Crippen LogP contribution in [0.2, 0.25) is 19.6 Å². The molecule has 0 fully saturated rings. The molecule has 0 spiro atoms. The molecule has 2 aliphatic carbocycles. The van der Waals surface area contributed by atoms with Crippen molar-refractivity contribution in [3.05, 3.63) is 82.6 Å². The molecule has 0 N–H and O–H groups in total. The topological polar surface area (TPSA) is 18.5 Å². The molecule has 4 rings (SSSR count). The van der Waals surface area contributed by atoms with Gasteiger partial charge in [-0.15, -0.1) is 0 Å². The summed E-state index contributed by atoms with van der Waals surface area (Å²) in [5.74, 6) is 2.22. The first kappa shape index (κ1) is 27.3. The number of allylic oxidation sites excluding steroid dienone is 2. The Kier molecular flexibility index (Phi) is 9.01. The van der Waals surface area contributed by atoms with Crippen molar-refractivity contribution >= 4 is 23.4 Å². The maximum atomic E-state index is 6.70. The molecule has 0 aliphatic heterocycles. The van der Waals surface area contributed by atoms with Crippen molar-refractivity contribution in [2.45, 2.75) is 49.5 Å². The maximum Gasteiger partial charge on any atom is -1.00 e. The Hall–Kier alpha value is -0.930. The Balaban J connectivity index is 0.00000181. The van der Waals surface area contributed by atoms with E-state index in [-0.39, 0.29) is 33.9 Å². The molecule has 0 amide bonds. The van der Waals surface area contributed by atoms with Crippen LogP contribution in [-0.4, -0.2) is 18.1 Å². The Morgan fingerprint density at radius 1 is 1.00 bits per heavy atom. The number of ether oxygens (including phenoxy) is 1. The van der Waals surface area contributed by atoms with Gasteiger partial charge in [0, 0.05) is 0 Å². The van der Waals surface area contributed by atoms with Crippen LogP contribution in [0.4, 0.5) is 0 Å². The van der Waals surface area contributed by atoms with Crippen molar-refractivity contribution < 1.29 is 56.7 Å². The van der Waals surface area contributed by atoms with Crippen molar-refractivity contribution in [2.24, 2.45) is 0 Å². The Labute approximate surface area is 217 Å². The first-order valence-corrected chi connectivity index (χ1v) is 16.7. The molecule has 2 aromatic rings. The summed E-state index contributed by atoms with van der Waals surface area (Å²) in [5.41, 5.74) is 5.40. The van der Waals surface area contributed by atoms with Crippen LogP contribution in [0.25, 0.3) is 11.8 Å². The van der Waals surface area contributed by atoms with Crippen LogP contribution in [0, 0.1) is 0 Å². The van der Waals surface area contributed by atoms with Crippen LogP contribution >= 0.6 is 0 Å². The molecular formula is C26H31Cl2O2SiZr. The summed E-state index contributed by atoms with van der Waals surface area (Å²) in [6.07, 6.45) is 4.83. The largest absolute Gasteiger partial charge is 1.00 e. The molecule has 2 nitrogen and oxygen atoms in total. The molecule has 0 aromatic heterocycles. The van der Waals surface area contributed by atoms with E-state index in [1.165, 1.54) is 22.3 Å². The monoisotopic (exact) mass is 563 g/mol. The fourth-order valence-corrected chi connectivity index (χ4v) is 9.92. The van der Waals surface area contributed by atoms with Gasteiger partial charge in [0.15, 0.2) is 0 Å². The van der Waals surface area contributed by atoms with E-state index in [0.29, 0.717) is 6.61 Å². The van der Waals surface area contributed by atoms with Gasteiger partial charge in [-0.3, -0.25) is 0 Å². The molecule has 0 radical (unpaired) electrons. The third kappa shape index (κ3) is 4.94. The summed E-state index contributed by atoms with van der Waals surface area (Å²) in [5, 5.41) is 0. The maximum absolute atomic E-state index is 6.70. The molecule has 2 aliphatic rings. The van der Waals surface area contributed by atoms with Gasteiger partial charge in [-0.2, -0.15) is 0 Å². The molecule has 169 valence electrons. The van der Waals surface area contributed by atoms with Crippen LogP contribution in [0.5, 0.6) is 0 Å². The Morgan fingerprint density at radius 2 is 1.66 bits per heavy atom. The second-order valence-electron chi connectivity index (χ2n) is 9.28. The Morgan fingerprint density at radius 3 is 2.31 bits per heavy atom. The number of fused-ring (bicyclic) bond motifs is 2. The average molecular weight is 566 g/mol. The summed E-state index contributed by atoms with van der Waals surface area (Å²) in [6.45, 7) is 14.1. The minimum Gasteiger partial charge on any atom is -1.00 e. The second kappa shape index (κ2) is 10.6. The average Bonchev–Trinajstić information content (AvgIpc) is 3.18. The zero-order valence-electron chi connectivity index (χ0n) is 19.6. The van der Waals surface area contributed by atoms with Gasteiger partial charge in [-0.05, 0) is 0 Å². The quantitative estimate of drug-likeness (QED) is 0.477. The summed E-state index contributed by atoms with van der Waals surface area (Å²) >= 11 is -0.959. The molecule has 2 atom stereocenters. The van der Waals surface area contributed by atoms with E-state index in [4.69, 9.17) is 9.16 Å². The number of hydrogen-bond acceptors (Lipinski definition) is 2. The van der Waals surface area contributed by atoms with Crippen LogP contribution in [0.15, 0.2) is 60.4 Å². The molecule has 0 bridgehead atoms. The first-order valence-electron chi connectivity index (χ1n) is 10.8. The van der Waals surface area contributed by atoms with Gasteiger partial charge in [-0.25, -0.2) is 0 Å². The molecule has 0 heterocycles. The zero-order chi connectivity index (χ0) is 21.5. The molecular weight excluding hydrogens is 535 g/mol. The number of halogens is 2. The summed E-state index contributed by atoms with van der Waals surface area (Å²) in [6, 6.07) is 17.7. The second-order valence-corrected chi connectivity index (χ2v) is 18.8. The van der Waals surface area contributed by atoms with E-state index in [9.17, 15) is 0 Å². The fourth-order valence-electron chi connectivity index (χ4n) is 4.71. The summed E-state index contributed by atoms with van der Waals surface area (Å²) in [7, 11) is -1.81. The van der Waals surface area contributed by atoms with E-state index >= 15 is 0 Å². The van der Waals surface area contributed by atoms with Crippen LogP contribution in [0.1, 0.15) is 48.9 Å². The number of benzene rings is 2. The molecule has 6 heteroatoms. The van der Waals surface area contributed by atoms with Crippen molar-refractivity contribution in [3.63, 3.8) is 0 Å². The van der Waals surface area contributed by atoms with Crippen LogP contribution < -0.4 is 24.8 Å². The van der Waals surface area contributed by atoms with E-state index in [0.717, 1.165) is 11.5 Å². The van der Waals surface area contributed by atoms with Crippen LogP contribution in [-0.2, 0) is 35.0 Å². The minimum absolute atomic E-state index is 0.